The molecule has 0 radical (unpaired) electrons. The molecule has 4 rings (SSSR count). The summed E-state index contributed by atoms with van der Waals surface area (Å²) in [5.41, 5.74) is 2.48. The second-order valence-corrected chi connectivity index (χ2v) is 6.28. The molecule has 1 aliphatic heterocycles. The van der Waals surface area contributed by atoms with Crippen molar-refractivity contribution in [2.75, 3.05) is 11.5 Å². The third-order valence-corrected chi connectivity index (χ3v) is 4.58. The fraction of sp³-hybridized carbons (Fsp3) is 0.263. The molecule has 0 aliphatic carbocycles. The molecule has 1 unspecified atom stereocenters. The SMILES string of the molecule is O=C1CC(c2cccc(OCCC(F)F)c2F)N1c1ccc2nc[nH]c2c1. The van der Waals surface area contributed by atoms with E-state index in [4.69, 9.17) is 4.74 Å². The van der Waals surface area contributed by atoms with Gasteiger partial charge in [-0.05, 0) is 24.3 Å². The summed E-state index contributed by atoms with van der Waals surface area (Å²) in [4.78, 5) is 20.8. The zero-order chi connectivity index (χ0) is 19.0. The predicted octanol–water partition coefficient (Wildman–Crippen LogP) is 4.21. The van der Waals surface area contributed by atoms with Gasteiger partial charge in [0.05, 0.1) is 36.4 Å². The van der Waals surface area contributed by atoms with Crippen molar-refractivity contribution < 1.29 is 22.7 Å². The van der Waals surface area contributed by atoms with Crippen LogP contribution in [0.3, 0.4) is 0 Å². The lowest BCUT2D eigenvalue weighted by Crippen LogP contribution is -2.47. The lowest BCUT2D eigenvalue weighted by Gasteiger charge is -2.41. The molecule has 0 spiro atoms. The van der Waals surface area contributed by atoms with Crippen LogP contribution in [0.15, 0.2) is 42.7 Å². The van der Waals surface area contributed by atoms with Gasteiger partial charge in [0.15, 0.2) is 11.6 Å². The number of ether oxygens (including phenoxy) is 1. The highest BCUT2D eigenvalue weighted by atomic mass is 19.3. The van der Waals surface area contributed by atoms with Crippen LogP contribution in [0, 0.1) is 5.82 Å². The Hall–Kier alpha value is -3.03. The van der Waals surface area contributed by atoms with Crippen molar-refractivity contribution in [3.05, 3.63) is 54.1 Å². The topological polar surface area (TPSA) is 58.2 Å². The molecule has 1 N–H and O–H groups in total. The third-order valence-electron chi connectivity index (χ3n) is 4.58. The minimum atomic E-state index is -2.51. The van der Waals surface area contributed by atoms with Crippen molar-refractivity contribution in [2.45, 2.75) is 25.3 Å². The molecule has 0 bridgehead atoms. The standard InChI is InChI=1S/C19H16F3N3O2/c20-17(21)6-7-27-16-3-1-2-12(19(16)22)15-9-18(26)25(15)11-4-5-13-14(8-11)24-10-23-13/h1-5,8,10,15,17H,6-7,9H2,(H,23,24). The first-order chi connectivity index (χ1) is 13.0. The van der Waals surface area contributed by atoms with E-state index in [1.165, 1.54) is 11.0 Å². The molecule has 1 atom stereocenters. The number of nitrogens with zero attached hydrogens (tertiary/aromatic N) is 2. The Balaban J connectivity index is 1.60. The largest absolute Gasteiger partial charge is 0.490 e. The van der Waals surface area contributed by atoms with Gasteiger partial charge in [-0.1, -0.05) is 12.1 Å². The number of nitrogens with one attached hydrogen (secondary N) is 1. The molecule has 5 nitrogen and oxygen atoms in total. The maximum atomic E-state index is 14.8. The summed E-state index contributed by atoms with van der Waals surface area (Å²) in [7, 11) is 0. The zero-order valence-corrected chi connectivity index (χ0v) is 14.2. The molecule has 1 fully saturated rings. The van der Waals surface area contributed by atoms with Crippen LogP contribution in [0.1, 0.15) is 24.4 Å². The predicted molar refractivity (Wildman–Crippen MR) is 93.5 cm³/mol. The van der Waals surface area contributed by atoms with Crippen molar-refractivity contribution in [1.29, 1.82) is 0 Å². The first kappa shape index (κ1) is 17.4. The summed E-state index contributed by atoms with van der Waals surface area (Å²) in [5.74, 6) is -0.837. The smallest absolute Gasteiger partial charge is 0.241 e. The van der Waals surface area contributed by atoms with Crippen molar-refractivity contribution in [2.24, 2.45) is 0 Å². The van der Waals surface area contributed by atoms with Gasteiger partial charge in [-0.25, -0.2) is 18.2 Å². The quantitative estimate of drug-likeness (QED) is 0.657. The van der Waals surface area contributed by atoms with Gasteiger partial charge in [-0.15, -0.1) is 0 Å². The first-order valence-electron chi connectivity index (χ1n) is 8.49. The number of amides is 1. The number of benzene rings is 2. The summed E-state index contributed by atoms with van der Waals surface area (Å²) in [6.07, 6.45) is -1.25. The van der Waals surface area contributed by atoms with Gasteiger partial charge in [-0.3, -0.25) is 4.79 Å². The fourth-order valence-corrected chi connectivity index (χ4v) is 3.22. The summed E-state index contributed by atoms with van der Waals surface area (Å²) in [6, 6.07) is 9.41. The van der Waals surface area contributed by atoms with E-state index in [0.29, 0.717) is 11.3 Å². The monoisotopic (exact) mass is 375 g/mol. The van der Waals surface area contributed by atoms with Gasteiger partial charge in [0, 0.05) is 17.7 Å². The average Bonchev–Trinajstić information content (AvgIpc) is 3.09. The number of rotatable bonds is 6. The van der Waals surface area contributed by atoms with Crippen LogP contribution < -0.4 is 9.64 Å². The van der Waals surface area contributed by atoms with E-state index < -0.39 is 24.7 Å². The van der Waals surface area contributed by atoms with E-state index in [1.807, 2.05) is 0 Å². The van der Waals surface area contributed by atoms with Gasteiger partial charge < -0.3 is 14.6 Å². The summed E-state index contributed by atoms with van der Waals surface area (Å²) in [6.45, 7) is -0.276. The number of β-lactam (4-membered cyclic amide) rings is 1. The van der Waals surface area contributed by atoms with Crippen LogP contribution in [-0.4, -0.2) is 28.9 Å². The number of alkyl halides is 2. The van der Waals surface area contributed by atoms with Crippen LogP contribution in [0.4, 0.5) is 18.9 Å². The molecular formula is C19H16F3N3O2. The van der Waals surface area contributed by atoms with Crippen LogP contribution in [0.2, 0.25) is 0 Å². The summed E-state index contributed by atoms with van der Waals surface area (Å²) >= 11 is 0. The van der Waals surface area contributed by atoms with Crippen molar-refractivity contribution >= 4 is 22.6 Å². The zero-order valence-electron chi connectivity index (χ0n) is 14.2. The molecule has 0 saturated carbocycles. The van der Waals surface area contributed by atoms with Crippen molar-refractivity contribution in [3.8, 4) is 5.75 Å². The van der Waals surface area contributed by atoms with E-state index in [9.17, 15) is 18.0 Å². The number of hydrogen-bond donors (Lipinski definition) is 1. The highest BCUT2D eigenvalue weighted by Gasteiger charge is 2.40. The molecule has 27 heavy (non-hydrogen) atoms. The van der Waals surface area contributed by atoms with Crippen LogP contribution in [0.5, 0.6) is 5.75 Å². The van der Waals surface area contributed by atoms with E-state index in [0.717, 1.165) is 11.0 Å². The molecular weight excluding hydrogens is 359 g/mol. The Kier molecular flexibility index (Phi) is 4.47. The van der Waals surface area contributed by atoms with Gasteiger partial charge in [0.25, 0.3) is 0 Å². The molecule has 2 heterocycles. The van der Waals surface area contributed by atoms with Crippen molar-refractivity contribution in [3.63, 3.8) is 0 Å². The Morgan fingerprint density at radius 1 is 1.30 bits per heavy atom. The minimum absolute atomic E-state index is 0.0866. The van der Waals surface area contributed by atoms with Crippen LogP contribution >= 0.6 is 0 Å². The highest BCUT2D eigenvalue weighted by Crippen LogP contribution is 2.41. The fourth-order valence-electron chi connectivity index (χ4n) is 3.22. The molecule has 2 aromatic carbocycles. The van der Waals surface area contributed by atoms with E-state index in [-0.39, 0.29) is 24.7 Å². The number of halogens is 3. The number of anilines is 1. The Labute approximate surface area is 152 Å². The maximum Gasteiger partial charge on any atom is 0.241 e. The number of carbonyl (C=O) groups is 1. The molecule has 1 saturated heterocycles. The third kappa shape index (κ3) is 3.22. The van der Waals surface area contributed by atoms with E-state index in [2.05, 4.69) is 9.97 Å². The van der Waals surface area contributed by atoms with Gasteiger partial charge in [0.2, 0.25) is 12.3 Å². The summed E-state index contributed by atoms with van der Waals surface area (Å²) in [5, 5.41) is 0. The van der Waals surface area contributed by atoms with E-state index in [1.54, 1.807) is 36.7 Å². The second kappa shape index (κ2) is 6.94. The van der Waals surface area contributed by atoms with Crippen LogP contribution in [0.25, 0.3) is 11.0 Å². The maximum absolute atomic E-state index is 14.8. The van der Waals surface area contributed by atoms with Gasteiger partial charge in [0.1, 0.15) is 0 Å². The van der Waals surface area contributed by atoms with Crippen LogP contribution in [-0.2, 0) is 4.79 Å². The Morgan fingerprint density at radius 3 is 2.93 bits per heavy atom. The first-order valence-corrected chi connectivity index (χ1v) is 8.49. The lowest BCUT2D eigenvalue weighted by atomic mass is 9.92. The number of imidazole rings is 1. The number of hydrogen-bond acceptors (Lipinski definition) is 3. The number of carbonyl (C=O) groups excluding carboxylic acids is 1. The molecule has 3 aromatic rings. The lowest BCUT2D eigenvalue weighted by molar-refractivity contribution is -0.124. The Morgan fingerprint density at radius 2 is 2.15 bits per heavy atom. The second-order valence-electron chi connectivity index (χ2n) is 6.28. The number of aromatic nitrogens is 2. The van der Waals surface area contributed by atoms with E-state index >= 15 is 0 Å². The normalized spacial score (nSPS) is 16.8. The van der Waals surface area contributed by atoms with Gasteiger partial charge in [-0.2, -0.15) is 0 Å². The number of H-pyrrole nitrogens is 1. The Bertz CT molecular complexity index is 989. The highest BCUT2D eigenvalue weighted by molar-refractivity contribution is 6.02. The summed E-state index contributed by atoms with van der Waals surface area (Å²) < 4.78 is 44.5. The molecule has 1 aliphatic rings. The average molecular weight is 375 g/mol. The molecule has 8 heteroatoms. The molecule has 1 aromatic heterocycles. The minimum Gasteiger partial charge on any atom is -0.490 e. The molecule has 1 amide bonds. The number of fused-ring (bicyclic) bond motifs is 1. The molecule has 140 valence electrons. The number of aromatic amines is 1. The van der Waals surface area contributed by atoms with Crippen molar-refractivity contribution in [1.82, 2.24) is 9.97 Å². The van der Waals surface area contributed by atoms with Gasteiger partial charge >= 0.3 is 0 Å².